The van der Waals surface area contributed by atoms with Crippen LogP contribution in [0.25, 0.3) is 0 Å². The van der Waals surface area contributed by atoms with Crippen molar-refractivity contribution < 1.29 is 8.42 Å². The van der Waals surface area contributed by atoms with Crippen LogP contribution < -0.4 is 5.32 Å². The van der Waals surface area contributed by atoms with Crippen molar-refractivity contribution in [3.8, 4) is 0 Å². The molecule has 1 aromatic heterocycles. The first-order chi connectivity index (χ1) is 9.36. The number of aromatic nitrogens is 2. The van der Waals surface area contributed by atoms with Gasteiger partial charge in [-0.05, 0) is 39.7 Å². The summed E-state index contributed by atoms with van der Waals surface area (Å²) in [5, 5.41) is 3.38. The second-order valence-electron chi connectivity index (χ2n) is 5.58. The molecule has 1 aliphatic rings. The molecule has 1 saturated heterocycles. The zero-order valence-electron chi connectivity index (χ0n) is 12.6. The highest BCUT2D eigenvalue weighted by atomic mass is 32.2. The van der Waals surface area contributed by atoms with Crippen LogP contribution in [0, 0.1) is 12.8 Å². The minimum atomic E-state index is -3.46. The molecule has 0 saturated carbocycles. The van der Waals surface area contributed by atoms with Gasteiger partial charge in [0.05, 0.1) is 0 Å². The monoisotopic (exact) mass is 300 g/mol. The molecular formula is C13H24N4O2S. The molecule has 0 bridgehead atoms. The standard InChI is InChI=1S/C13H24N4O2S/c1-10(14-3)12-6-5-7-17(8-12)20(18,19)13-9-16(4)11(2)15-13/h9-10,12,14H,5-8H2,1-4H3. The molecule has 0 spiro atoms. The molecule has 1 N–H and O–H groups in total. The molecule has 0 radical (unpaired) electrons. The first-order valence-electron chi connectivity index (χ1n) is 7.03. The van der Waals surface area contributed by atoms with Crippen LogP contribution >= 0.6 is 0 Å². The van der Waals surface area contributed by atoms with Gasteiger partial charge in [-0.15, -0.1) is 0 Å². The molecule has 6 nitrogen and oxygen atoms in total. The molecule has 20 heavy (non-hydrogen) atoms. The van der Waals surface area contributed by atoms with E-state index in [-0.39, 0.29) is 5.03 Å². The quantitative estimate of drug-likeness (QED) is 0.890. The van der Waals surface area contributed by atoms with Crippen molar-refractivity contribution in [3.05, 3.63) is 12.0 Å². The fourth-order valence-corrected chi connectivity index (χ4v) is 4.18. The van der Waals surface area contributed by atoms with Gasteiger partial charge in [0, 0.05) is 32.4 Å². The lowest BCUT2D eigenvalue weighted by atomic mass is 9.93. The first-order valence-corrected chi connectivity index (χ1v) is 8.47. The highest BCUT2D eigenvalue weighted by molar-refractivity contribution is 7.89. The van der Waals surface area contributed by atoms with Gasteiger partial charge in [0.15, 0.2) is 5.03 Å². The van der Waals surface area contributed by atoms with Crippen LogP contribution in [0.3, 0.4) is 0 Å². The Morgan fingerprint density at radius 1 is 1.50 bits per heavy atom. The topological polar surface area (TPSA) is 67.2 Å². The Balaban J connectivity index is 2.21. The SMILES string of the molecule is CNC(C)C1CCCN(S(=O)(=O)c2cn(C)c(C)n2)C1. The predicted octanol–water partition coefficient (Wildman–Crippen LogP) is 0.737. The smallest absolute Gasteiger partial charge is 0.262 e. The maximum atomic E-state index is 12.6. The molecule has 1 aliphatic heterocycles. The van der Waals surface area contributed by atoms with Crippen LogP contribution in [0.5, 0.6) is 0 Å². The molecule has 1 aromatic rings. The summed E-state index contributed by atoms with van der Waals surface area (Å²) in [6.45, 7) is 5.07. The van der Waals surface area contributed by atoms with Crippen LogP contribution in [0.4, 0.5) is 0 Å². The second-order valence-corrected chi connectivity index (χ2v) is 7.46. The number of piperidine rings is 1. The molecule has 2 unspecified atom stereocenters. The van der Waals surface area contributed by atoms with E-state index in [1.54, 1.807) is 22.0 Å². The highest BCUT2D eigenvalue weighted by Crippen LogP contribution is 2.25. The normalized spacial score (nSPS) is 22.9. The van der Waals surface area contributed by atoms with Crippen LogP contribution in [0.2, 0.25) is 0 Å². The minimum Gasteiger partial charge on any atom is -0.337 e. The number of nitrogens with one attached hydrogen (secondary N) is 1. The number of sulfonamides is 1. The maximum Gasteiger partial charge on any atom is 0.262 e. The van der Waals surface area contributed by atoms with E-state index in [4.69, 9.17) is 0 Å². The second kappa shape index (κ2) is 5.83. The van der Waals surface area contributed by atoms with Gasteiger partial charge >= 0.3 is 0 Å². The molecule has 0 aromatic carbocycles. The van der Waals surface area contributed by atoms with Gasteiger partial charge < -0.3 is 9.88 Å². The van der Waals surface area contributed by atoms with E-state index in [0.29, 0.717) is 30.9 Å². The van der Waals surface area contributed by atoms with Gasteiger partial charge in [0.2, 0.25) is 0 Å². The number of rotatable bonds is 4. The molecule has 2 rings (SSSR count). The number of aryl methyl sites for hydroxylation is 2. The average Bonchev–Trinajstić information content (AvgIpc) is 2.78. The molecule has 1 fully saturated rings. The summed E-state index contributed by atoms with van der Waals surface area (Å²) in [6.07, 6.45) is 3.56. The van der Waals surface area contributed by atoms with Crippen molar-refractivity contribution in [2.24, 2.45) is 13.0 Å². The van der Waals surface area contributed by atoms with Crippen LogP contribution in [-0.2, 0) is 17.1 Å². The third-order valence-electron chi connectivity index (χ3n) is 4.27. The lowest BCUT2D eigenvalue weighted by Crippen LogP contribution is -2.45. The van der Waals surface area contributed by atoms with E-state index in [2.05, 4.69) is 17.2 Å². The average molecular weight is 300 g/mol. The molecule has 2 heterocycles. The van der Waals surface area contributed by atoms with Crippen molar-refractivity contribution in [1.29, 1.82) is 0 Å². The van der Waals surface area contributed by atoms with Gasteiger partial charge in [0.25, 0.3) is 10.0 Å². The van der Waals surface area contributed by atoms with Gasteiger partial charge in [-0.25, -0.2) is 13.4 Å². The molecule has 0 aliphatic carbocycles. The van der Waals surface area contributed by atoms with Gasteiger partial charge in [-0.3, -0.25) is 0 Å². The van der Waals surface area contributed by atoms with E-state index in [0.717, 1.165) is 12.8 Å². The lowest BCUT2D eigenvalue weighted by molar-refractivity contribution is 0.228. The largest absolute Gasteiger partial charge is 0.337 e. The zero-order valence-corrected chi connectivity index (χ0v) is 13.4. The Kier molecular flexibility index (Phi) is 4.51. The summed E-state index contributed by atoms with van der Waals surface area (Å²) < 4.78 is 28.6. The van der Waals surface area contributed by atoms with Crippen molar-refractivity contribution in [1.82, 2.24) is 19.2 Å². The Morgan fingerprint density at radius 3 is 2.75 bits per heavy atom. The van der Waals surface area contributed by atoms with E-state index in [1.165, 1.54) is 0 Å². The Labute approximate surface area is 121 Å². The van der Waals surface area contributed by atoms with E-state index >= 15 is 0 Å². The highest BCUT2D eigenvalue weighted by Gasteiger charge is 2.33. The van der Waals surface area contributed by atoms with Crippen LogP contribution in [0.15, 0.2) is 11.2 Å². The number of imidazole rings is 1. The van der Waals surface area contributed by atoms with Crippen molar-refractivity contribution in [2.45, 2.75) is 37.8 Å². The minimum absolute atomic E-state index is 0.162. The third kappa shape index (κ3) is 2.89. The number of hydrogen-bond donors (Lipinski definition) is 1. The van der Waals surface area contributed by atoms with Crippen molar-refractivity contribution >= 4 is 10.0 Å². The summed E-state index contributed by atoms with van der Waals surface area (Å²) in [4.78, 5) is 4.16. The molecule has 2 atom stereocenters. The van der Waals surface area contributed by atoms with Gasteiger partial charge in [0.1, 0.15) is 5.82 Å². The van der Waals surface area contributed by atoms with Crippen LogP contribution in [-0.4, -0.2) is 48.5 Å². The number of nitrogens with zero attached hydrogens (tertiary/aromatic N) is 3. The molecule has 114 valence electrons. The van der Waals surface area contributed by atoms with Gasteiger partial charge in [-0.2, -0.15) is 4.31 Å². The summed E-state index contributed by atoms with van der Waals surface area (Å²) in [5.74, 6) is 1.06. The molecule has 7 heteroatoms. The van der Waals surface area contributed by atoms with Crippen LogP contribution in [0.1, 0.15) is 25.6 Å². The van der Waals surface area contributed by atoms with Gasteiger partial charge in [-0.1, -0.05) is 0 Å². The van der Waals surface area contributed by atoms with Crippen molar-refractivity contribution in [2.75, 3.05) is 20.1 Å². The van der Waals surface area contributed by atoms with E-state index in [9.17, 15) is 8.42 Å². The summed E-state index contributed by atoms with van der Waals surface area (Å²) in [5.41, 5.74) is 0. The maximum absolute atomic E-state index is 12.6. The summed E-state index contributed by atoms with van der Waals surface area (Å²) >= 11 is 0. The Morgan fingerprint density at radius 2 is 2.20 bits per heavy atom. The Hall–Kier alpha value is -0.920. The first kappa shape index (κ1) is 15.5. The fourth-order valence-electron chi connectivity index (χ4n) is 2.62. The number of hydrogen-bond acceptors (Lipinski definition) is 4. The predicted molar refractivity (Wildman–Crippen MR) is 77.9 cm³/mol. The van der Waals surface area contributed by atoms with E-state index in [1.807, 2.05) is 14.1 Å². The zero-order chi connectivity index (χ0) is 14.9. The third-order valence-corrected chi connectivity index (χ3v) is 6.01. The fraction of sp³-hybridized carbons (Fsp3) is 0.769. The summed E-state index contributed by atoms with van der Waals surface area (Å²) in [6, 6.07) is 0.318. The van der Waals surface area contributed by atoms with E-state index < -0.39 is 10.0 Å². The summed E-state index contributed by atoms with van der Waals surface area (Å²) in [7, 11) is 0.261. The lowest BCUT2D eigenvalue weighted by Gasteiger charge is -2.34. The van der Waals surface area contributed by atoms with Crippen molar-refractivity contribution in [3.63, 3.8) is 0 Å². The molecule has 0 amide bonds. The molecular weight excluding hydrogens is 276 g/mol. The Bertz CT molecular complexity index is 547.